The predicted octanol–water partition coefficient (Wildman–Crippen LogP) is 1.83. The van der Waals surface area contributed by atoms with Gasteiger partial charge in [-0.15, -0.1) is 0 Å². The Labute approximate surface area is 153 Å². The number of ether oxygens (including phenoxy) is 1. The monoisotopic (exact) mass is 390 g/mol. The van der Waals surface area contributed by atoms with E-state index in [0.717, 1.165) is 0 Å². The first-order chi connectivity index (χ1) is 11.7. The summed E-state index contributed by atoms with van der Waals surface area (Å²) in [4.78, 5) is 12.7. The van der Waals surface area contributed by atoms with Gasteiger partial charge in [-0.05, 0) is 44.5 Å². The number of aryl methyl sites for hydroxylation is 1. The Kier molecular flexibility index (Phi) is 6.31. The molecule has 0 amide bonds. The van der Waals surface area contributed by atoms with E-state index in [0.29, 0.717) is 37.2 Å². The third-order valence-electron chi connectivity index (χ3n) is 4.50. The number of carboxylic acids is 1. The molecule has 2 rings (SSSR count). The van der Waals surface area contributed by atoms with Crippen molar-refractivity contribution >= 4 is 27.6 Å². The molecule has 1 saturated heterocycles. The predicted molar refractivity (Wildman–Crippen MR) is 94.8 cm³/mol. The van der Waals surface area contributed by atoms with Crippen molar-refractivity contribution in [2.75, 3.05) is 33.8 Å². The summed E-state index contributed by atoms with van der Waals surface area (Å²) in [6, 6.07) is 3.10. The van der Waals surface area contributed by atoms with Crippen LogP contribution >= 0.6 is 11.6 Å². The Morgan fingerprint density at radius 2 is 2.00 bits per heavy atom. The standard InChI is InChI=1S/C16H23ClN2O5S/c1-11-8-14(24-3)13(17)9-15(11)25(22,23)19-6-4-12(5-7-19)18(2)10-16(20)21/h8-9,12H,4-7,10H2,1-3H3,(H,20,21). The van der Waals surface area contributed by atoms with E-state index < -0.39 is 16.0 Å². The highest BCUT2D eigenvalue weighted by Gasteiger charge is 2.32. The van der Waals surface area contributed by atoms with E-state index in [4.69, 9.17) is 21.4 Å². The molecule has 0 spiro atoms. The number of hydrogen-bond acceptors (Lipinski definition) is 5. The average molecular weight is 391 g/mol. The maximum atomic E-state index is 12.9. The normalized spacial score (nSPS) is 17.0. The lowest BCUT2D eigenvalue weighted by molar-refractivity contribution is -0.138. The third kappa shape index (κ3) is 4.44. The Balaban J connectivity index is 2.15. The molecular weight excluding hydrogens is 368 g/mol. The van der Waals surface area contributed by atoms with Crippen LogP contribution in [0, 0.1) is 6.92 Å². The first-order valence-electron chi connectivity index (χ1n) is 7.93. The van der Waals surface area contributed by atoms with Crippen LogP contribution in [-0.4, -0.2) is 68.5 Å². The lowest BCUT2D eigenvalue weighted by Crippen LogP contribution is -2.46. The number of carboxylic acid groups (broad SMARTS) is 1. The van der Waals surface area contributed by atoms with Gasteiger partial charge in [0, 0.05) is 19.1 Å². The SMILES string of the molecule is COc1cc(C)c(S(=O)(=O)N2CCC(N(C)CC(=O)O)CC2)cc1Cl. The van der Waals surface area contributed by atoms with Crippen LogP contribution in [0.2, 0.25) is 5.02 Å². The molecule has 0 saturated carbocycles. The Morgan fingerprint density at radius 1 is 1.40 bits per heavy atom. The number of piperidine rings is 1. The van der Waals surface area contributed by atoms with E-state index in [1.165, 1.54) is 17.5 Å². The van der Waals surface area contributed by atoms with Crippen molar-refractivity contribution < 1.29 is 23.1 Å². The van der Waals surface area contributed by atoms with Crippen LogP contribution in [0.5, 0.6) is 5.75 Å². The van der Waals surface area contributed by atoms with Crippen LogP contribution < -0.4 is 4.74 Å². The van der Waals surface area contributed by atoms with Gasteiger partial charge in [-0.2, -0.15) is 4.31 Å². The van der Waals surface area contributed by atoms with Crippen LogP contribution in [0.25, 0.3) is 0 Å². The molecule has 1 aliphatic rings. The summed E-state index contributed by atoms with van der Waals surface area (Å²) in [5.74, 6) is -0.451. The van der Waals surface area contributed by atoms with Gasteiger partial charge in [-0.25, -0.2) is 8.42 Å². The van der Waals surface area contributed by atoms with Crippen molar-refractivity contribution in [3.63, 3.8) is 0 Å². The van der Waals surface area contributed by atoms with Gasteiger partial charge in [0.1, 0.15) is 5.75 Å². The number of likely N-dealkylation sites (N-methyl/N-ethyl adjacent to an activating group) is 1. The summed E-state index contributed by atoms with van der Waals surface area (Å²) in [5, 5.41) is 9.13. The van der Waals surface area contributed by atoms with E-state index in [1.54, 1.807) is 24.9 Å². The molecule has 1 N–H and O–H groups in total. The zero-order chi connectivity index (χ0) is 18.8. The van der Waals surface area contributed by atoms with Crippen molar-refractivity contribution in [1.82, 2.24) is 9.21 Å². The number of aliphatic carboxylic acids is 1. The van der Waals surface area contributed by atoms with Crippen molar-refractivity contribution in [2.24, 2.45) is 0 Å². The summed E-state index contributed by atoms with van der Waals surface area (Å²) >= 11 is 6.09. The molecule has 25 heavy (non-hydrogen) atoms. The maximum absolute atomic E-state index is 12.9. The zero-order valence-corrected chi connectivity index (χ0v) is 16.1. The summed E-state index contributed by atoms with van der Waals surface area (Å²) in [6.07, 6.45) is 1.18. The lowest BCUT2D eigenvalue weighted by Gasteiger charge is -2.35. The molecule has 1 aromatic rings. The van der Waals surface area contributed by atoms with Crippen LogP contribution in [0.3, 0.4) is 0 Å². The molecule has 140 valence electrons. The summed E-state index contributed by atoms with van der Waals surface area (Å²) < 4.78 is 32.4. The minimum atomic E-state index is -3.65. The fourth-order valence-corrected chi connectivity index (χ4v) is 5.08. The van der Waals surface area contributed by atoms with E-state index in [1.807, 2.05) is 0 Å². The molecule has 0 aromatic heterocycles. The number of halogens is 1. The van der Waals surface area contributed by atoms with E-state index in [2.05, 4.69) is 0 Å². The molecule has 1 fully saturated rings. The molecule has 0 aliphatic carbocycles. The second kappa shape index (κ2) is 7.90. The largest absolute Gasteiger partial charge is 0.495 e. The van der Waals surface area contributed by atoms with Gasteiger partial charge < -0.3 is 9.84 Å². The van der Waals surface area contributed by atoms with Crippen LogP contribution in [0.1, 0.15) is 18.4 Å². The van der Waals surface area contributed by atoms with Gasteiger partial charge in [0.25, 0.3) is 0 Å². The summed E-state index contributed by atoms with van der Waals surface area (Å²) in [7, 11) is -0.428. The number of nitrogens with zero attached hydrogens (tertiary/aromatic N) is 2. The molecule has 0 radical (unpaired) electrons. The summed E-state index contributed by atoms with van der Waals surface area (Å²) in [6.45, 7) is 2.35. The van der Waals surface area contributed by atoms with Gasteiger partial charge in [-0.1, -0.05) is 11.6 Å². The molecule has 9 heteroatoms. The molecular formula is C16H23ClN2O5S. The first-order valence-corrected chi connectivity index (χ1v) is 9.75. The number of carbonyl (C=O) groups is 1. The van der Waals surface area contributed by atoms with Crippen LogP contribution in [-0.2, 0) is 14.8 Å². The molecule has 1 heterocycles. The highest BCUT2D eigenvalue weighted by atomic mass is 35.5. The molecule has 0 unspecified atom stereocenters. The van der Waals surface area contributed by atoms with Gasteiger partial charge >= 0.3 is 5.97 Å². The smallest absolute Gasteiger partial charge is 0.317 e. The topological polar surface area (TPSA) is 87.2 Å². The molecule has 0 atom stereocenters. The second-order valence-corrected chi connectivity index (χ2v) is 8.51. The van der Waals surface area contributed by atoms with Crippen molar-refractivity contribution in [3.8, 4) is 5.75 Å². The summed E-state index contributed by atoms with van der Waals surface area (Å²) in [5.41, 5.74) is 0.575. The minimum Gasteiger partial charge on any atom is -0.495 e. The fourth-order valence-electron chi connectivity index (χ4n) is 3.08. The van der Waals surface area contributed by atoms with Crippen LogP contribution in [0.4, 0.5) is 0 Å². The number of hydrogen-bond donors (Lipinski definition) is 1. The average Bonchev–Trinajstić information content (AvgIpc) is 2.55. The highest BCUT2D eigenvalue weighted by molar-refractivity contribution is 7.89. The third-order valence-corrected chi connectivity index (χ3v) is 6.83. The van der Waals surface area contributed by atoms with E-state index in [9.17, 15) is 13.2 Å². The van der Waals surface area contributed by atoms with Crippen molar-refractivity contribution in [2.45, 2.75) is 30.7 Å². The maximum Gasteiger partial charge on any atom is 0.317 e. The Hall–Kier alpha value is -1.35. The highest BCUT2D eigenvalue weighted by Crippen LogP contribution is 2.32. The van der Waals surface area contributed by atoms with Crippen LogP contribution in [0.15, 0.2) is 17.0 Å². The second-order valence-electron chi connectivity index (χ2n) is 6.20. The first kappa shape index (κ1) is 20.0. The Morgan fingerprint density at radius 3 is 2.52 bits per heavy atom. The number of benzene rings is 1. The number of sulfonamides is 1. The van der Waals surface area contributed by atoms with Crippen molar-refractivity contribution in [3.05, 3.63) is 22.7 Å². The van der Waals surface area contributed by atoms with Gasteiger partial charge in [0.05, 0.1) is 23.6 Å². The molecule has 7 nitrogen and oxygen atoms in total. The molecule has 1 aromatic carbocycles. The fraction of sp³-hybridized carbons (Fsp3) is 0.562. The number of methoxy groups -OCH3 is 1. The molecule has 1 aliphatic heterocycles. The van der Waals surface area contributed by atoms with E-state index >= 15 is 0 Å². The zero-order valence-electron chi connectivity index (χ0n) is 14.5. The van der Waals surface area contributed by atoms with Gasteiger partial charge in [-0.3, -0.25) is 9.69 Å². The number of rotatable bonds is 6. The minimum absolute atomic E-state index is 0.0510. The lowest BCUT2D eigenvalue weighted by atomic mass is 10.1. The molecule has 0 bridgehead atoms. The van der Waals surface area contributed by atoms with Gasteiger partial charge in [0.2, 0.25) is 10.0 Å². The van der Waals surface area contributed by atoms with Gasteiger partial charge in [0.15, 0.2) is 0 Å². The van der Waals surface area contributed by atoms with E-state index in [-0.39, 0.29) is 22.5 Å². The Bertz CT molecular complexity index is 745. The quantitative estimate of drug-likeness (QED) is 0.797. The van der Waals surface area contributed by atoms with Crippen molar-refractivity contribution in [1.29, 1.82) is 0 Å².